The fraction of sp³-hybridized carbons (Fsp3) is 0.692. The maximum Gasteiger partial charge on any atom is 0.0578 e. The lowest BCUT2D eigenvalue weighted by molar-refractivity contribution is 0.633. The number of hydrogen-bond donors (Lipinski definition) is 0. The van der Waals surface area contributed by atoms with Crippen molar-refractivity contribution in [3.63, 3.8) is 0 Å². The smallest absolute Gasteiger partial charge is 0.0578 e. The van der Waals surface area contributed by atoms with Crippen molar-refractivity contribution in [3.8, 4) is 0 Å². The van der Waals surface area contributed by atoms with E-state index >= 15 is 0 Å². The number of allylic oxidation sites excluding steroid dienone is 4. The summed E-state index contributed by atoms with van der Waals surface area (Å²) < 4.78 is 0. The highest BCUT2D eigenvalue weighted by Gasteiger charge is 2.47. The van der Waals surface area contributed by atoms with E-state index in [-0.39, 0.29) is 0 Å². The molecule has 0 spiro atoms. The van der Waals surface area contributed by atoms with Crippen LogP contribution < -0.4 is 0 Å². The molecule has 0 bridgehead atoms. The van der Waals surface area contributed by atoms with Crippen LogP contribution in [-0.4, -0.2) is 8.07 Å². The first kappa shape index (κ1) is 8.96. The van der Waals surface area contributed by atoms with Crippen LogP contribution in [0, 0.1) is 5.92 Å². The average molecular weight is 204 g/mol. The van der Waals surface area contributed by atoms with Crippen LogP contribution in [0.2, 0.25) is 24.2 Å². The molecule has 1 saturated carbocycles. The molecule has 3 rings (SSSR count). The predicted octanol–water partition coefficient (Wildman–Crippen LogP) is 4.14. The fourth-order valence-corrected chi connectivity index (χ4v) is 7.91. The summed E-state index contributed by atoms with van der Waals surface area (Å²) in [6.45, 7) is 2.66. The minimum atomic E-state index is -0.774. The summed E-state index contributed by atoms with van der Waals surface area (Å²) in [4.78, 5) is 0. The Kier molecular flexibility index (Phi) is 1.98. The summed E-state index contributed by atoms with van der Waals surface area (Å²) in [5.74, 6) is 0.954. The lowest BCUT2D eigenvalue weighted by Crippen LogP contribution is -2.42. The van der Waals surface area contributed by atoms with Gasteiger partial charge < -0.3 is 0 Å². The number of hydrogen-bond acceptors (Lipinski definition) is 0. The molecule has 0 nitrogen and oxygen atoms in total. The quantitative estimate of drug-likeness (QED) is 0.563. The minimum absolute atomic E-state index is 0.774. The van der Waals surface area contributed by atoms with Gasteiger partial charge in [0, 0.05) is 0 Å². The normalized spacial score (nSPS) is 38.8. The second-order valence-corrected chi connectivity index (χ2v) is 10.7. The van der Waals surface area contributed by atoms with Crippen molar-refractivity contribution in [2.75, 3.05) is 0 Å². The summed E-state index contributed by atoms with van der Waals surface area (Å²) in [5.41, 5.74) is 2.94. The first-order valence-electron chi connectivity index (χ1n) is 6.16. The van der Waals surface area contributed by atoms with E-state index in [9.17, 15) is 0 Å². The Bertz CT molecular complexity index is 296. The van der Waals surface area contributed by atoms with E-state index < -0.39 is 8.07 Å². The second kappa shape index (κ2) is 3.09. The van der Waals surface area contributed by atoms with Gasteiger partial charge >= 0.3 is 0 Å². The van der Waals surface area contributed by atoms with Gasteiger partial charge in [0.25, 0.3) is 0 Å². The molecule has 1 heterocycles. The number of rotatable bonds is 1. The van der Waals surface area contributed by atoms with Gasteiger partial charge in [0.2, 0.25) is 0 Å². The zero-order valence-electron chi connectivity index (χ0n) is 9.13. The molecule has 2 fully saturated rings. The van der Waals surface area contributed by atoms with Gasteiger partial charge in [-0.25, -0.2) is 0 Å². The molecule has 2 aliphatic carbocycles. The highest BCUT2D eigenvalue weighted by atomic mass is 28.3. The van der Waals surface area contributed by atoms with Crippen molar-refractivity contribution in [1.82, 2.24) is 0 Å². The van der Waals surface area contributed by atoms with Crippen LogP contribution in [0.15, 0.2) is 23.8 Å². The monoisotopic (exact) mass is 204 g/mol. The Hall–Kier alpha value is -0.303. The van der Waals surface area contributed by atoms with Crippen LogP contribution in [-0.2, 0) is 0 Å². The SMILES string of the molecule is C[Si]1(C2CCC3CC=CC=C32)CCC1. The molecule has 2 atom stereocenters. The van der Waals surface area contributed by atoms with Gasteiger partial charge in [-0.05, 0) is 30.7 Å². The summed E-state index contributed by atoms with van der Waals surface area (Å²) >= 11 is 0. The van der Waals surface area contributed by atoms with E-state index in [0.29, 0.717) is 0 Å². The first-order valence-corrected chi connectivity index (χ1v) is 9.15. The van der Waals surface area contributed by atoms with Gasteiger partial charge in [0.05, 0.1) is 8.07 Å². The largest absolute Gasteiger partial charge is 0.0839 e. The van der Waals surface area contributed by atoms with Crippen molar-refractivity contribution in [2.24, 2.45) is 5.92 Å². The van der Waals surface area contributed by atoms with Gasteiger partial charge in [0.15, 0.2) is 0 Å². The molecule has 0 N–H and O–H groups in total. The van der Waals surface area contributed by atoms with Crippen LogP contribution in [0.25, 0.3) is 0 Å². The molecule has 1 aliphatic heterocycles. The van der Waals surface area contributed by atoms with Crippen molar-refractivity contribution in [1.29, 1.82) is 0 Å². The van der Waals surface area contributed by atoms with E-state index in [1.165, 1.54) is 25.7 Å². The Morgan fingerprint density at radius 3 is 2.86 bits per heavy atom. The maximum absolute atomic E-state index is 2.66. The van der Waals surface area contributed by atoms with Crippen LogP contribution in [0.1, 0.15) is 25.7 Å². The average Bonchev–Trinajstić information content (AvgIpc) is 2.58. The Morgan fingerprint density at radius 2 is 2.14 bits per heavy atom. The summed E-state index contributed by atoms with van der Waals surface area (Å²) in [5, 5.41) is 0. The Morgan fingerprint density at radius 1 is 1.29 bits per heavy atom. The van der Waals surface area contributed by atoms with Gasteiger partial charge in [-0.3, -0.25) is 0 Å². The third kappa shape index (κ3) is 1.18. The molecule has 1 heteroatoms. The van der Waals surface area contributed by atoms with E-state index in [1.54, 1.807) is 12.1 Å². The van der Waals surface area contributed by atoms with Gasteiger partial charge in [0.1, 0.15) is 0 Å². The molecule has 0 aromatic rings. The third-order valence-corrected chi connectivity index (χ3v) is 10.2. The van der Waals surface area contributed by atoms with Crippen molar-refractivity contribution in [3.05, 3.63) is 23.8 Å². The lowest BCUT2D eigenvalue weighted by atomic mass is 9.95. The van der Waals surface area contributed by atoms with E-state index in [0.717, 1.165) is 11.5 Å². The van der Waals surface area contributed by atoms with E-state index in [2.05, 4.69) is 24.8 Å². The lowest BCUT2D eigenvalue weighted by Gasteiger charge is -2.43. The molecule has 0 radical (unpaired) electrons. The molecule has 0 aromatic carbocycles. The molecule has 76 valence electrons. The summed E-state index contributed by atoms with van der Waals surface area (Å²) in [7, 11) is -0.774. The summed E-state index contributed by atoms with van der Waals surface area (Å²) in [6.07, 6.45) is 13.0. The van der Waals surface area contributed by atoms with Crippen molar-refractivity contribution in [2.45, 2.75) is 49.9 Å². The molecule has 14 heavy (non-hydrogen) atoms. The van der Waals surface area contributed by atoms with Gasteiger partial charge in [-0.2, -0.15) is 0 Å². The standard InChI is InChI=1S/C13H20Si/c1-14(9-4-10-14)13-8-7-11-5-2-3-6-12(11)13/h2-3,6,11,13H,4-5,7-10H2,1H3. The van der Waals surface area contributed by atoms with Gasteiger partial charge in [-0.1, -0.05) is 48.9 Å². The van der Waals surface area contributed by atoms with E-state index in [1.807, 2.05) is 5.57 Å². The predicted molar refractivity (Wildman–Crippen MR) is 64.2 cm³/mol. The van der Waals surface area contributed by atoms with Crippen LogP contribution in [0.5, 0.6) is 0 Å². The van der Waals surface area contributed by atoms with E-state index in [4.69, 9.17) is 0 Å². The highest BCUT2D eigenvalue weighted by molar-refractivity contribution is 6.83. The molecule has 0 amide bonds. The van der Waals surface area contributed by atoms with Crippen molar-refractivity contribution >= 4 is 8.07 Å². The second-order valence-electron chi connectivity index (χ2n) is 5.66. The highest BCUT2D eigenvalue weighted by Crippen LogP contribution is 2.55. The zero-order chi connectivity index (χ0) is 9.60. The maximum atomic E-state index is 2.66. The van der Waals surface area contributed by atoms with Crippen LogP contribution in [0.4, 0.5) is 0 Å². The molecule has 0 aromatic heterocycles. The minimum Gasteiger partial charge on any atom is -0.0839 e. The fourth-order valence-electron chi connectivity index (χ4n) is 3.75. The third-order valence-electron chi connectivity index (χ3n) is 4.86. The van der Waals surface area contributed by atoms with Crippen LogP contribution >= 0.6 is 0 Å². The molecule has 3 aliphatic rings. The molecular formula is C13H20Si. The summed E-state index contributed by atoms with van der Waals surface area (Å²) in [6, 6.07) is 3.23. The van der Waals surface area contributed by atoms with Gasteiger partial charge in [-0.15, -0.1) is 0 Å². The van der Waals surface area contributed by atoms with Crippen molar-refractivity contribution < 1.29 is 0 Å². The molecular weight excluding hydrogens is 184 g/mol. The zero-order valence-corrected chi connectivity index (χ0v) is 10.1. The topological polar surface area (TPSA) is 0 Å². The first-order chi connectivity index (χ1) is 6.80. The Balaban J connectivity index is 1.87. The molecule has 1 saturated heterocycles. The Labute approximate surface area is 88.1 Å². The van der Waals surface area contributed by atoms with Crippen LogP contribution in [0.3, 0.4) is 0 Å². The molecule has 2 unspecified atom stereocenters. The number of fused-ring (bicyclic) bond motifs is 1.